The van der Waals surface area contributed by atoms with Gasteiger partial charge in [0, 0.05) is 31.7 Å². The van der Waals surface area contributed by atoms with Crippen molar-refractivity contribution in [1.29, 1.82) is 0 Å². The van der Waals surface area contributed by atoms with Crippen LogP contribution in [0, 0.1) is 5.41 Å². The number of hydrogen-bond acceptors (Lipinski definition) is 5. The topological polar surface area (TPSA) is 59.1 Å². The molecule has 0 aromatic heterocycles. The number of rotatable bonds is 6. The number of ether oxygens (including phenoxy) is 2. The van der Waals surface area contributed by atoms with E-state index < -0.39 is 10.0 Å². The molecule has 2 heterocycles. The van der Waals surface area contributed by atoms with Crippen LogP contribution in [0.25, 0.3) is 0 Å². The Morgan fingerprint density at radius 2 is 1.92 bits per heavy atom. The predicted molar refractivity (Wildman–Crippen MR) is 102 cm³/mol. The third kappa shape index (κ3) is 3.85. The Hall–Kier alpha value is -1.31. The van der Waals surface area contributed by atoms with Crippen molar-refractivity contribution < 1.29 is 17.9 Å². The lowest BCUT2D eigenvalue weighted by Crippen LogP contribution is -2.45. The molecule has 2 fully saturated rings. The van der Waals surface area contributed by atoms with Crippen molar-refractivity contribution in [2.45, 2.75) is 32.7 Å². The maximum Gasteiger partial charge on any atom is 0.213 e. The predicted octanol–water partition coefficient (Wildman–Crippen LogP) is 2.34. The summed E-state index contributed by atoms with van der Waals surface area (Å²) >= 11 is 0. The molecule has 1 aromatic rings. The van der Waals surface area contributed by atoms with Crippen molar-refractivity contribution in [1.82, 2.24) is 9.21 Å². The molecule has 0 amide bonds. The van der Waals surface area contributed by atoms with Gasteiger partial charge < -0.3 is 9.47 Å². The minimum Gasteiger partial charge on any atom is -0.493 e. The smallest absolute Gasteiger partial charge is 0.213 e. The van der Waals surface area contributed by atoms with Crippen LogP contribution in [0.2, 0.25) is 0 Å². The summed E-state index contributed by atoms with van der Waals surface area (Å²) in [6.07, 6.45) is 3.17. The largest absolute Gasteiger partial charge is 0.493 e. The van der Waals surface area contributed by atoms with Crippen molar-refractivity contribution in [3.63, 3.8) is 0 Å². The Balaban J connectivity index is 1.72. The van der Waals surface area contributed by atoms with Crippen molar-refractivity contribution >= 4 is 10.0 Å². The Kier molecular flexibility index (Phi) is 5.79. The van der Waals surface area contributed by atoms with Crippen LogP contribution in [0.3, 0.4) is 0 Å². The molecule has 2 saturated heterocycles. The highest BCUT2D eigenvalue weighted by molar-refractivity contribution is 7.89. The maximum absolute atomic E-state index is 12.2. The zero-order valence-corrected chi connectivity index (χ0v) is 16.8. The number of hydrogen-bond donors (Lipinski definition) is 0. The van der Waals surface area contributed by atoms with E-state index in [0.29, 0.717) is 13.1 Å². The molecule has 1 atom stereocenters. The summed E-state index contributed by atoms with van der Waals surface area (Å²) in [5.41, 5.74) is 1.20. The molecule has 146 valence electrons. The highest BCUT2D eigenvalue weighted by atomic mass is 32.2. The van der Waals surface area contributed by atoms with E-state index in [1.54, 1.807) is 25.4 Å². The number of piperidine rings is 1. The first-order valence-electron chi connectivity index (χ1n) is 9.33. The number of sulfonamides is 1. The average molecular weight is 383 g/mol. The number of methoxy groups -OCH3 is 2. The summed E-state index contributed by atoms with van der Waals surface area (Å²) in [5.74, 6) is 1.72. The van der Waals surface area contributed by atoms with Gasteiger partial charge in [0.15, 0.2) is 11.5 Å². The third-order valence-electron chi connectivity index (χ3n) is 5.78. The Morgan fingerprint density at radius 3 is 2.62 bits per heavy atom. The number of para-hydroxylation sites is 1. The fourth-order valence-corrected chi connectivity index (χ4v) is 5.62. The molecule has 6 nitrogen and oxygen atoms in total. The molecule has 0 bridgehead atoms. The minimum absolute atomic E-state index is 0.0899. The summed E-state index contributed by atoms with van der Waals surface area (Å²) in [6, 6.07) is 5.97. The lowest BCUT2D eigenvalue weighted by atomic mass is 9.79. The Morgan fingerprint density at radius 1 is 1.12 bits per heavy atom. The average Bonchev–Trinajstić information content (AvgIpc) is 3.05. The second kappa shape index (κ2) is 7.74. The first-order valence-corrected chi connectivity index (χ1v) is 10.9. The van der Waals surface area contributed by atoms with E-state index in [2.05, 4.69) is 11.0 Å². The Bertz CT molecular complexity index is 737. The molecule has 3 rings (SSSR count). The summed E-state index contributed by atoms with van der Waals surface area (Å²) in [5, 5.41) is 0. The highest BCUT2D eigenvalue weighted by Crippen LogP contribution is 2.41. The normalized spacial score (nSPS) is 24.9. The molecular weight excluding hydrogens is 352 g/mol. The summed E-state index contributed by atoms with van der Waals surface area (Å²) in [7, 11) is 0.231. The van der Waals surface area contributed by atoms with Gasteiger partial charge in [-0.15, -0.1) is 0 Å². The van der Waals surface area contributed by atoms with Gasteiger partial charge in [-0.1, -0.05) is 12.1 Å². The van der Waals surface area contributed by atoms with Gasteiger partial charge in [0.1, 0.15) is 0 Å². The van der Waals surface area contributed by atoms with E-state index >= 15 is 0 Å². The second-order valence-electron chi connectivity index (χ2n) is 7.45. The first-order chi connectivity index (χ1) is 12.4. The second-order valence-corrected chi connectivity index (χ2v) is 9.71. The van der Waals surface area contributed by atoms with Crippen molar-refractivity contribution in [2.75, 3.05) is 46.2 Å². The lowest BCUT2D eigenvalue weighted by Gasteiger charge is -2.40. The van der Waals surface area contributed by atoms with Gasteiger partial charge in [0.25, 0.3) is 0 Å². The van der Waals surface area contributed by atoms with Gasteiger partial charge in [-0.05, 0) is 44.2 Å². The molecule has 2 aliphatic rings. The zero-order chi connectivity index (χ0) is 18.8. The van der Waals surface area contributed by atoms with E-state index in [1.165, 1.54) is 0 Å². The fraction of sp³-hybridized carbons (Fsp3) is 0.684. The summed E-state index contributed by atoms with van der Waals surface area (Å²) in [4.78, 5) is 2.43. The van der Waals surface area contributed by atoms with E-state index in [9.17, 15) is 8.42 Å². The molecular formula is C19H30N2O4S. The molecule has 1 unspecified atom stereocenters. The lowest BCUT2D eigenvalue weighted by molar-refractivity contribution is 0.0927. The van der Waals surface area contributed by atoms with Crippen LogP contribution in [-0.4, -0.2) is 63.8 Å². The van der Waals surface area contributed by atoms with Crippen LogP contribution in [-0.2, 0) is 16.6 Å². The fourth-order valence-electron chi connectivity index (χ4n) is 4.41. The van der Waals surface area contributed by atoms with E-state index in [0.717, 1.165) is 56.0 Å². The van der Waals surface area contributed by atoms with Gasteiger partial charge in [0.05, 0.1) is 20.0 Å². The molecule has 0 aliphatic carbocycles. The standard InChI is InChI=1S/C19H30N2O4S/c1-4-26(22,23)21-12-10-19(15-21)9-6-11-20(14-19)13-16-7-5-8-17(24-2)18(16)25-3/h5,7-8H,4,6,9-15H2,1-3H3. The van der Waals surface area contributed by atoms with Gasteiger partial charge in [0.2, 0.25) is 10.0 Å². The monoisotopic (exact) mass is 382 g/mol. The summed E-state index contributed by atoms with van der Waals surface area (Å²) in [6.45, 7) is 5.80. The first kappa shape index (κ1) is 19.5. The van der Waals surface area contributed by atoms with Crippen LogP contribution in [0.5, 0.6) is 11.5 Å². The van der Waals surface area contributed by atoms with E-state index in [1.807, 2.05) is 12.1 Å². The molecule has 0 N–H and O–H groups in total. The molecule has 1 aromatic carbocycles. The van der Waals surface area contributed by atoms with Crippen LogP contribution in [0.15, 0.2) is 18.2 Å². The quantitative estimate of drug-likeness (QED) is 0.756. The minimum atomic E-state index is -3.09. The van der Waals surface area contributed by atoms with Gasteiger partial charge in [-0.3, -0.25) is 4.90 Å². The molecule has 0 saturated carbocycles. The molecule has 2 aliphatic heterocycles. The third-order valence-corrected chi connectivity index (χ3v) is 7.61. The molecule has 7 heteroatoms. The SMILES string of the molecule is CCS(=O)(=O)N1CCC2(CCCN(Cc3cccc(OC)c3OC)C2)C1. The number of benzene rings is 1. The van der Waals surface area contributed by atoms with Crippen molar-refractivity contribution in [3.8, 4) is 11.5 Å². The van der Waals surface area contributed by atoms with Gasteiger partial charge >= 0.3 is 0 Å². The molecule has 1 spiro atoms. The molecule has 0 radical (unpaired) electrons. The van der Waals surface area contributed by atoms with Gasteiger partial charge in [-0.25, -0.2) is 12.7 Å². The number of nitrogens with zero attached hydrogens (tertiary/aromatic N) is 2. The van der Waals surface area contributed by atoms with E-state index in [-0.39, 0.29) is 11.2 Å². The molecule has 26 heavy (non-hydrogen) atoms. The van der Waals surface area contributed by atoms with E-state index in [4.69, 9.17) is 9.47 Å². The number of likely N-dealkylation sites (tertiary alicyclic amines) is 1. The van der Waals surface area contributed by atoms with Crippen LogP contribution in [0.4, 0.5) is 0 Å². The summed E-state index contributed by atoms with van der Waals surface area (Å²) < 4.78 is 37.1. The van der Waals surface area contributed by atoms with Crippen LogP contribution in [0.1, 0.15) is 31.7 Å². The van der Waals surface area contributed by atoms with Gasteiger partial charge in [-0.2, -0.15) is 0 Å². The van der Waals surface area contributed by atoms with Crippen LogP contribution >= 0.6 is 0 Å². The highest BCUT2D eigenvalue weighted by Gasteiger charge is 2.44. The van der Waals surface area contributed by atoms with Crippen molar-refractivity contribution in [3.05, 3.63) is 23.8 Å². The van der Waals surface area contributed by atoms with Crippen molar-refractivity contribution in [2.24, 2.45) is 5.41 Å². The zero-order valence-electron chi connectivity index (χ0n) is 16.0. The van der Waals surface area contributed by atoms with Crippen LogP contribution < -0.4 is 9.47 Å². The maximum atomic E-state index is 12.2. The Labute approximate surface area is 157 Å².